The Morgan fingerprint density at radius 1 is 0.250 bits per heavy atom. The van der Waals surface area contributed by atoms with Crippen LogP contribution in [0.2, 0.25) is 0 Å². The molecule has 8 aromatic rings. The van der Waals surface area contributed by atoms with Gasteiger partial charge in [0.1, 0.15) is 46.1 Å². The van der Waals surface area contributed by atoms with Gasteiger partial charge in [0.25, 0.3) is 47.3 Å². The lowest BCUT2D eigenvalue weighted by Crippen LogP contribution is -2.28. The lowest BCUT2D eigenvalue weighted by Gasteiger charge is -2.13. The second-order valence-corrected chi connectivity index (χ2v) is 30.8. The van der Waals surface area contributed by atoms with Crippen molar-refractivity contribution in [2.24, 2.45) is 0 Å². The van der Waals surface area contributed by atoms with Crippen LogP contribution in [-0.2, 0) is 51.4 Å². The second kappa shape index (κ2) is 69.3. The van der Waals surface area contributed by atoms with Crippen molar-refractivity contribution in [2.75, 3.05) is 134 Å². The van der Waals surface area contributed by atoms with Crippen LogP contribution in [0, 0.1) is 27.7 Å². The summed E-state index contributed by atoms with van der Waals surface area (Å²) in [5.41, 5.74) is 6.55. The van der Waals surface area contributed by atoms with Gasteiger partial charge in [-0.2, -0.15) is 0 Å². The van der Waals surface area contributed by atoms with Crippen molar-refractivity contribution in [3.63, 3.8) is 0 Å². The van der Waals surface area contributed by atoms with E-state index in [2.05, 4.69) is 159 Å². The first-order chi connectivity index (χ1) is 61.4. The summed E-state index contributed by atoms with van der Waals surface area (Å²) < 4.78 is 40.2. The van der Waals surface area contributed by atoms with Gasteiger partial charge in [-0.15, -0.1) is 0 Å². The molecule has 0 aliphatic heterocycles. The van der Waals surface area contributed by atoms with E-state index in [0.717, 1.165) is 249 Å². The van der Waals surface area contributed by atoms with Gasteiger partial charge in [-0.05, 0) is 161 Å². The van der Waals surface area contributed by atoms with E-state index in [1.165, 1.54) is 0 Å². The van der Waals surface area contributed by atoms with Crippen LogP contribution in [0.1, 0.15) is 339 Å². The Bertz CT molecular complexity index is 4330. The maximum absolute atomic E-state index is 11.9. The molecule has 720 valence electrons. The van der Waals surface area contributed by atoms with Gasteiger partial charge in [-0.1, -0.05) is 177 Å². The molecule has 36 nitrogen and oxygen atoms in total. The zero-order valence-electron chi connectivity index (χ0n) is 81.7. The number of rotatable bonds is 48. The Morgan fingerprint density at radius 3 is 0.633 bits per heavy atom. The topological polar surface area (TPSA) is 454 Å². The van der Waals surface area contributed by atoms with E-state index in [-0.39, 0.29) is 47.3 Å². The van der Waals surface area contributed by atoms with Gasteiger partial charge in [0.15, 0.2) is 45.6 Å². The van der Waals surface area contributed by atoms with Gasteiger partial charge in [0.05, 0.1) is 0 Å². The van der Waals surface area contributed by atoms with Crippen LogP contribution >= 0.6 is 0 Å². The number of carbonyl (C=O) groups excluding carboxylic acids is 8. The smallest absolute Gasteiger partial charge is 0.273 e. The maximum Gasteiger partial charge on any atom is 0.273 e. The summed E-state index contributed by atoms with van der Waals surface area (Å²) in [6.07, 6.45) is 20.5. The molecule has 0 aliphatic rings. The second-order valence-electron chi connectivity index (χ2n) is 30.8. The number of carbonyl (C=O) groups is 8. The van der Waals surface area contributed by atoms with Crippen LogP contribution in [0.3, 0.4) is 0 Å². The minimum atomic E-state index is -0.165. The lowest BCUT2D eigenvalue weighted by molar-refractivity contribution is 0.0934. The third-order valence-electron chi connectivity index (χ3n) is 19.8. The minimum absolute atomic E-state index is 0.128. The van der Waals surface area contributed by atoms with E-state index in [4.69, 9.17) is 36.2 Å². The van der Waals surface area contributed by atoms with Crippen molar-refractivity contribution >= 4 is 47.3 Å². The van der Waals surface area contributed by atoms with Crippen LogP contribution in [0.25, 0.3) is 0 Å². The van der Waals surface area contributed by atoms with Crippen LogP contribution in [0.5, 0.6) is 0 Å². The molecule has 0 aliphatic carbocycles. The molecule has 0 fully saturated rings. The fourth-order valence-corrected chi connectivity index (χ4v) is 11.2. The number of hydrogen-bond donors (Lipinski definition) is 8. The van der Waals surface area contributed by atoms with Gasteiger partial charge in [-0.3, -0.25) is 38.4 Å². The van der Waals surface area contributed by atoms with Gasteiger partial charge in [0.2, 0.25) is 0 Å². The Labute approximate surface area is 759 Å². The number of aromatic nitrogens is 8. The predicted octanol–water partition coefficient (Wildman–Crippen LogP) is 13.5. The first-order valence-electron chi connectivity index (χ1n) is 46.0. The summed E-state index contributed by atoms with van der Waals surface area (Å²) in [6, 6.07) is 6.74. The molecule has 8 amide bonds. The van der Waals surface area contributed by atoms with Crippen molar-refractivity contribution < 1.29 is 74.5 Å². The first-order valence-corrected chi connectivity index (χ1v) is 46.0. The van der Waals surface area contributed by atoms with Crippen molar-refractivity contribution in [2.45, 2.75) is 266 Å². The van der Waals surface area contributed by atoms with Gasteiger partial charge in [-0.25, -0.2) is 0 Å². The molecular weight excluding hydrogens is 1640 g/mol. The number of hydrogen-bond acceptors (Lipinski definition) is 28. The summed E-state index contributed by atoms with van der Waals surface area (Å²) in [7, 11) is 12.2. The molecule has 0 aromatic carbocycles. The highest BCUT2D eigenvalue weighted by atomic mass is 16.5. The Kier molecular flexibility index (Phi) is 62.5. The molecule has 8 heterocycles. The van der Waals surface area contributed by atoms with E-state index in [1.807, 2.05) is 111 Å². The van der Waals surface area contributed by atoms with Crippen molar-refractivity contribution in [3.05, 3.63) is 138 Å². The number of aryl methyl sites for hydroxylation is 8. The largest absolute Gasteiger partial charge is 0.361 e. The highest BCUT2D eigenvalue weighted by Gasteiger charge is 2.22. The third-order valence-corrected chi connectivity index (χ3v) is 19.8. The van der Waals surface area contributed by atoms with Crippen LogP contribution in [-0.4, -0.2) is 242 Å². The number of unbranched alkanes of at least 4 members (excludes halogenated alkanes) is 6. The third kappa shape index (κ3) is 46.8. The molecule has 36 heteroatoms. The zero-order valence-corrected chi connectivity index (χ0v) is 81.7. The maximum atomic E-state index is 11.9. The molecular formula is C92H156N20O16. The molecule has 0 saturated carbocycles. The molecule has 0 bridgehead atoms. The molecule has 0 radical (unpaired) electrons. The quantitative estimate of drug-likeness (QED) is 0.0164. The molecule has 8 N–H and O–H groups in total. The molecule has 128 heavy (non-hydrogen) atoms. The number of nitrogens with zero attached hydrogens (tertiary/aromatic N) is 12. The van der Waals surface area contributed by atoms with Crippen molar-refractivity contribution in [1.82, 2.24) is 103 Å². The van der Waals surface area contributed by atoms with Crippen molar-refractivity contribution in [1.29, 1.82) is 0 Å². The molecule has 0 unspecified atom stereocenters. The van der Waals surface area contributed by atoms with Gasteiger partial charge in [0, 0.05) is 150 Å². The Balaban J connectivity index is 0.000000732. The molecule has 8 aromatic heterocycles. The minimum Gasteiger partial charge on any atom is -0.361 e. The van der Waals surface area contributed by atoms with E-state index in [9.17, 15) is 38.4 Å². The summed E-state index contributed by atoms with van der Waals surface area (Å²) >= 11 is 0. The van der Waals surface area contributed by atoms with E-state index >= 15 is 0 Å². The Morgan fingerprint density at radius 2 is 0.453 bits per heavy atom. The van der Waals surface area contributed by atoms with Crippen LogP contribution in [0.4, 0.5) is 0 Å². The van der Waals surface area contributed by atoms with E-state index in [1.54, 1.807) is 24.3 Å². The SMILES string of the molecule is CCCCCNC(=O)c1cc(CC)on1.CCCCCNC(=O)c1noc(CC)c1C.CCCCNC(=O)c1cc(CC)on1.CCCCNC(=O)c1noc(CC)c1C.CCc1cc(C(=O)NCCCN(C)C)no1.CCc1cc(C(=O)NCCCN(C)CC)no1.CCc1onc(C(=O)NCCCN(C)C)c1C.CCc1onc(C(=O)NCCCN(C)CC)c1C. The highest BCUT2D eigenvalue weighted by Crippen LogP contribution is 2.18. The van der Waals surface area contributed by atoms with Gasteiger partial charge < -0.3 is 98.3 Å². The van der Waals surface area contributed by atoms with Crippen LogP contribution in [0.15, 0.2) is 60.5 Å². The summed E-state index contributed by atoms with van der Waals surface area (Å²) in [5.74, 6) is 4.93. The fourth-order valence-electron chi connectivity index (χ4n) is 11.2. The highest BCUT2D eigenvalue weighted by molar-refractivity contribution is 5.96. The average Bonchev–Trinajstić information content (AvgIpc) is 1.72. The molecule has 0 atom stereocenters. The standard InChI is InChI=1S/C13H23N3O2.2C12H21N3O2.C12H20N2O2.C11H19N3O2.2C11H18N2O2.C10H16N2O2/c1-5-11-10(3)12(15-18-11)13(17)14-8-7-9-16(4)6-2;1-5-10-9(2)11(14-17-10)12(16)13-7-6-8-15(3)4;1-4-10-9-11(14-17-10)12(16)13-7-6-8-15(3)5-2;1-4-6-7-8-13-12(15)11-9(3)10(5-2)16-14-11;1-4-9-8-10(13-16-9)11(15)12-6-5-7-14(2)3;1-4-6-7-12-11(14)10-8(3)9(5-2)15-13-10;1-3-5-6-7-12-11(14)10-8-9(4-2)15-13-10;1-3-5-6-11-10(13)9-7-8(4-2)14-12-9/h5-9H2,1-4H3,(H,14,17);5-8H2,1-4H3,(H,13,16);9H,4-8H2,1-3H3,(H,13,16);4-8H2,1-3H3,(H,13,15);8H,4-7H2,1-3H3,(H,12,15);4-7H2,1-3H3,(H,12,14);8H,3-7H2,1-2H3,(H,12,14);7H,3-6H2,1-2H3,(H,11,13). The lowest BCUT2D eigenvalue weighted by atomic mass is 10.1. The molecule has 8 rings (SSSR count). The summed E-state index contributed by atoms with van der Waals surface area (Å²) in [5, 5.41) is 52.6. The van der Waals surface area contributed by atoms with Crippen LogP contribution < -0.4 is 42.5 Å². The molecule has 0 spiro atoms. The van der Waals surface area contributed by atoms with E-state index in [0.29, 0.717) is 97.9 Å². The first kappa shape index (κ1) is 115. The fraction of sp³-hybridized carbons (Fsp3) is 0.652. The summed E-state index contributed by atoms with van der Waals surface area (Å²) in [4.78, 5) is 102. The Hall–Kier alpha value is -10.7. The summed E-state index contributed by atoms with van der Waals surface area (Å²) in [6.45, 7) is 47.3. The number of amides is 8. The van der Waals surface area contributed by atoms with Gasteiger partial charge >= 0.3 is 0 Å². The number of nitrogens with one attached hydrogen (secondary N) is 8. The van der Waals surface area contributed by atoms with Crippen molar-refractivity contribution in [3.8, 4) is 0 Å². The average molecular weight is 1800 g/mol. The molecule has 0 saturated heterocycles. The predicted molar refractivity (Wildman–Crippen MR) is 495 cm³/mol. The zero-order chi connectivity index (χ0) is 95.7. The normalized spacial score (nSPS) is 10.6. The monoisotopic (exact) mass is 1800 g/mol. The van der Waals surface area contributed by atoms with E-state index < -0.39 is 0 Å².